The van der Waals surface area contributed by atoms with Crippen LogP contribution in [0.1, 0.15) is 103 Å². The van der Waals surface area contributed by atoms with Crippen LogP contribution in [0.25, 0.3) is 0 Å². The smallest absolute Gasteiger partial charge is 0.142 e. The van der Waals surface area contributed by atoms with Gasteiger partial charge in [0.25, 0.3) is 0 Å². The predicted octanol–water partition coefficient (Wildman–Crippen LogP) is 5.66. The maximum Gasteiger partial charge on any atom is 0.142 e. The van der Waals surface area contributed by atoms with Crippen molar-refractivity contribution >= 4 is 11.4 Å². The van der Waals surface area contributed by atoms with Crippen LogP contribution in [0.5, 0.6) is 11.5 Å². The first-order valence-electron chi connectivity index (χ1n) is 17.8. The Balaban J connectivity index is 0.000000256. The molecule has 0 unspecified atom stereocenters. The lowest BCUT2D eigenvalue weighted by molar-refractivity contribution is 0.243. The second-order valence-electron chi connectivity index (χ2n) is 9.56. The van der Waals surface area contributed by atoms with Crippen molar-refractivity contribution in [3.05, 3.63) is 46.5 Å². The number of hydrogen-bond donors (Lipinski definition) is 4. The van der Waals surface area contributed by atoms with Gasteiger partial charge in [0.1, 0.15) is 11.5 Å². The van der Waals surface area contributed by atoms with E-state index in [0.717, 1.165) is 11.1 Å². The second kappa shape index (κ2) is 13.2. The van der Waals surface area contributed by atoms with Gasteiger partial charge in [0.15, 0.2) is 0 Å². The van der Waals surface area contributed by atoms with E-state index in [9.17, 15) is 0 Å². The second-order valence-corrected chi connectivity index (χ2v) is 9.56. The minimum absolute atomic E-state index is 0.0754. The first kappa shape index (κ1) is 16.4. The topological polar surface area (TPSA) is 94.6 Å². The molecule has 200 valence electrons. The first-order chi connectivity index (χ1) is 21.0. The van der Waals surface area contributed by atoms with Crippen molar-refractivity contribution in [1.29, 1.82) is 0 Å². The van der Waals surface area contributed by atoms with Gasteiger partial charge >= 0.3 is 0 Å². The lowest BCUT2D eigenvalue weighted by Gasteiger charge is -2.25. The molecule has 0 aliphatic carbocycles. The average Bonchev–Trinajstić information content (AvgIpc) is 2.81. The minimum atomic E-state index is -1.85. The summed E-state index contributed by atoms with van der Waals surface area (Å²) < 4.78 is 98.2. The van der Waals surface area contributed by atoms with E-state index in [1.165, 1.54) is 0 Å². The number of anilines is 2. The van der Waals surface area contributed by atoms with Crippen molar-refractivity contribution in [2.75, 3.05) is 37.5 Å². The van der Waals surface area contributed by atoms with Gasteiger partial charge in [-0.25, -0.2) is 0 Å². The Morgan fingerprint density at radius 1 is 0.778 bits per heavy atom. The molecule has 0 spiro atoms. The van der Waals surface area contributed by atoms with Crippen molar-refractivity contribution in [2.24, 2.45) is 0 Å². The average molecular weight is 508 g/mol. The third kappa shape index (κ3) is 7.78. The molecule has 2 fully saturated rings. The van der Waals surface area contributed by atoms with Gasteiger partial charge in [0.05, 0.1) is 27.6 Å². The Morgan fingerprint density at radius 3 is 1.64 bits per heavy atom. The molecule has 0 radical (unpaired) electrons. The summed E-state index contributed by atoms with van der Waals surface area (Å²) in [6, 6.07) is 5.17. The minimum Gasteiger partial charge on any atom is -0.489 e. The van der Waals surface area contributed by atoms with Gasteiger partial charge in [-0.1, -0.05) is 0 Å². The lowest BCUT2D eigenvalue weighted by Crippen LogP contribution is -2.27. The van der Waals surface area contributed by atoms with Crippen LogP contribution < -0.4 is 31.6 Å². The fourth-order valence-electron chi connectivity index (χ4n) is 4.27. The summed E-state index contributed by atoms with van der Waals surface area (Å²) in [6.07, 6.45) is -1.87. The molecule has 2 aliphatic rings. The molecular weight excluding hydrogens is 448 g/mol. The predicted molar refractivity (Wildman–Crippen MR) is 152 cm³/mol. The number of ether oxygens (including phenoxy) is 2. The molecule has 0 atom stereocenters. The molecule has 0 saturated carbocycles. The van der Waals surface area contributed by atoms with Gasteiger partial charge in [-0.2, -0.15) is 0 Å². The molecule has 6 N–H and O–H groups in total. The number of rotatable bonds is 6. The van der Waals surface area contributed by atoms with Crippen LogP contribution in [-0.2, 0) is 0 Å². The molecule has 2 aromatic carbocycles. The van der Waals surface area contributed by atoms with E-state index in [4.69, 9.17) is 36.0 Å². The summed E-state index contributed by atoms with van der Waals surface area (Å²) in [5.74, 6) is -0.124. The first-order valence-corrected chi connectivity index (χ1v) is 12.3. The molecule has 0 amide bonds. The number of aryl methyl sites for hydroxylation is 1. The molecule has 0 aromatic heterocycles. The summed E-state index contributed by atoms with van der Waals surface area (Å²) in [5.41, 5.74) is 15.4. The van der Waals surface area contributed by atoms with Crippen molar-refractivity contribution in [3.63, 3.8) is 0 Å². The Bertz CT molecular complexity index is 1430. The molecule has 4 rings (SSSR count). The molecule has 2 heterocycles. The van der Waals surface area contributed by atoms with Crippen molar-refractivity contribution in [2.45, 2.75) is 91.2 Å². The van der Waals surface area contributed by atoms with Crippen LogP contribution in [0.3, 0.4) is 0 Å². The zero-order valence-electron chi connectivity index (χ0n) is 33.2. The van der Waals surface area contributed by atoms with Gasteiger partial charge in [0.2, 0.25) is 0 Å². The molecule has 2 aromatic rings. The van der Waals surface area contributed by atoms with E-state index >= 15 is 0 Å². The molecule has 2 aliphatic heterocycles. The van der Waals surface area contributed by atoms with Crippen LogP contribution in [0.4, 0.5) is 11.4 Å². The molecule has 6 nitrogen and oxygen atoms in total. The summed E-state index contributed by atoms with van der Waals surface area (Å²) in [4.78, 5) is 0. The normalized spacial score (nSPS) is 27.8. The number of benzene rings is 2. The fourth-order valence-corrected chi connectivity index (χ4v) is 4.27. The Hall–Kier alpha value is -2.44. The highest BCUT2D eigenvalue weighted by Crippen LogP contribution is 2.35. The Kier molecular flexibility index (Phi) is 6.02. The monoisotopic (exact) mass is 507 g/mol. The SMILES string of the molecule is [2H]C1([2H])CC(c2cc(OC([2H])(C)C)c(N)cc2C)CC([2H])([2H])N1.[2H]c1c(C)c(C2CC([2H])([2H])NC([2H])([2H])C2)cc(OC([2H])(C)C)c1N. The number of piperidine rings is 2. The maximum atomic E-state index is 8.18. The highest BCUT2D eigenvalue weighted by atomic mass is 16.5. The van der Waals surface area contributed by atoms with Gasteiger partial charge < -0.3 is 31.6 Å². The quantitative estimate of drug-likeness (QED) is 0.377. The van der Waals surface area contributed by atoms with Crippen LogP contribution >= 0.6 is 0 Å². The molecule has 0 bridgehead atoms. The molecule has 6 heteroatoms. The highest BCUT2D eigenvalue weighted by molar-refractivity contribution is 5.58. The van der Waals surface area contributed by atoms with Gasteiger partial charge in [-0.15, -0.1) is 0 Å². The van der Waals surface area contributed by atoms with E-state index in [1.54, 1.807) is 52.8 Å². The fraction of sp³-hybridized carbons (Fsp3) is 0.600. The van der Waals surface area contributed by atoms with Gasteiger partial charge in [-0.05, 0) is 152 Å². The zero-order valence-corrected chi connectivity index (χ0v) is 22.2. The van der Waals surface area contributed by atoms with Crippen molar-refractivity contribution < 1.29 is 24.6 Å². The van der Waals surface area contributed by atoms with E-state index < -0.39 is 44.1 Å². The van der Waals surface area contributed by atoms with Gasteiger partial charge in [0, 0.05) is 11.0 Å². The number of nitrogens with one attached hydrogen (secondary N) is 2. The van der Waals surface area contributed by atoms with Crippen LogP contribution in [0, 0.1) is 13.8 Å². The lowest BCUT2D eigenvalue weighted by atomic mass is 9.87. The van der Waals surface area contributed by atoms with E-state index in [1.807, 2.05) is 6.92 Å². The van der Waals surface area contributed by atoms with E-state index in [0.29, 0.717) is 22.6 Å². The largest absolute Gasteiger partial charge is 0.489 e. The third-order valence-corrected chi connectivity index (χ3v) is 5.96. The number of hydrogen-bond acceptors (Lipinski definition) is 6. The standard InChI is InChI=1S/2C15H24N2O/c2*1-10(2)18-15-9-13(11(3)8-14(15)16)12-4-6-17-7-5-12/h2*8-10,12,17H,4-7,16H2,1-3H3/i6D2,7D2,8D,10D;6D2,7D2,10D. The summed E-state index contributed by atoms with van der Waals surface area (Å²) in [7, 11) is 0. The van der Waals surface area contributed by atoms with E-state index in [2.05, 4.69) is 10.6 Å². The Labute approximate surface area is 234 Å². The van der Waals surface area contributed by atoms with Crippen LogP contribution in [0.2, 0.25) is 0 Å². The van der Waals surface area contributed by atoms with Crippen molar-refractivity contribution in [1.82, 2.24) is 10.6 Å². The zero-order chi connectivity index (χ0) is 36.1. The summed E-state index contributed by atoms with van der Waals surface area (Å²) >= 11 is 0. The maximum absolute atomic E-state index is 8.18. The molecule has 36 heavy (non-hydrogen) atoms. The third-order valence-electron chi connectivity index (χ3n) is 5.96. The van der Waals surface area contributed by atoms with Gasteiger partial charge in [-0.3, -0.25) is 0 Å². The van der Waals surface area contributed by atoms with Crippen molar-refractivity contribution in [3.8, 4) is 11.5 Å². The number of nitrogens with two attached hydrogens (primary N) is 2. The number of nitrogen functional groups attached to an aromatic ring is 2. The molecular formula is C30H48N4O2. The van der Waals surface area contributed by atoms with E-state index in [-0.39, 0.29) is 49.1 Å². The van der Waals surface area contributed by atoms with Crippen LogP contribution in [0.15, 0.2) is 24.2 Å². The summed E-state index contributed by atoms with van der Waals surface area (Å²) in [6.45, 7) is 2.64. The van der Waals surface area contributed by atoms with Crippen LogP contribution in [-0.4, -0.2) is 38.1 Å². The highest BCUT2D eigenvalue weighted by Gasteiger charge is 2.20. The summed E-state index contributed by atoms with van der Waals surface area (Å²) in [5, 5.41) is 4.76. The Morgan fingerprint density at radius 2 is 1.19 bits per heavy atom. The molecule has 2 saturated heterocycles.